The number of fused-ring (bicyclic) bond motifs is 5. The number of halogens is 1. The number of ether oxygens (including phenoxy) is 5. The molecule has 4 rings (SSSR count). The number of hydrogen-bond donors (Lipinski definition) is 3. The number of nitrogens with zero attached hydrogens (tertiary/aromatic N) is 2. The summed E-state index contributed by atoms with van der Waals surface area (Å²) in [5.74, 6) is -1.16. The van der Waals surface area contributed by atoms with E-state index in [4.69, 9.17) is 35.3 Å². The van der Waals surface area contributed by atoms with Crippen LogP contribution in [-0.4, -0.2) is 128 Å². The van der Waals surface area contributed by atoms with Crippen LogP contribution in [0.1, 0.15) is 72.3 Å². The Balaban J connectivity index is 1.61. The Bertz CT molecular complexity index is 1780. The molecule has 0 aromatic heterocycles. The molecule has 2 saturated heterocycles. The van der Waals surface area contributed by atoms with E-state index in [1.54, 1.807) is 69.9 Å². The SMILES string of the molecule is CNC(=O)CCC(C)SSCCC(=O)N(C)[C@@H](C)C(=O)O[C@H]1CC(=O)N(C)c2cc(cc(OC)c2Cl)C/C(C)=C/C=C/[C@@H](OC)[C@@]2(O)C[C@H](OC(=O)N2)[C@@H](C)[C@@H]2O[C@@]12C. The van der Waals surface area contributed by atoms with Crippen molar-refractivity contribution in [2.24, 2.45) is 5.92 Å². The first-order valence-electron chi connectivity index (χ1n) is 19.6. The van der Waals surface area contributed by atoms with Gasteiger partial charge in [-0.1, -0.05) is 70.8 Å². The van der Waals surface area contributed by atoms with Crippen LogP contribution in [0.25, 0.3) is 0 Å². The molecule has 59 heavy (non-hydrogen) atoms. The van der Waals surface area contributed by atoms with Gasteiger partial charge in [-0.2, -0.15) is 0 Å². The topological polar surface area (TPSA) is 186 Å². The maximum absolute atomic E-state index is 14.2. The van der Waals surface area contributed by atoms with Crippen LogP contribution in [-0.2, 0) is 44.5 Å². The largest absolute Gasteiger partial charge is 0.495 e. The number of amides is 4. The molecule has 4 amide bonds. The molecule has 0 spiro atoms. The van der Waals surface area contributed by atoms with Gasteiger partial charge in [0.05, 0.1) is 25.3 Å². The molecule has 3 aliphatic heterocycles. The Morgan fingerprint density at radius 2 is 1.92 bits per heavy atom. The number of carbonyl (C=O) groups excluding carboxylic acids is 5. The number of nitrogens with one attached hydrogen (secondary N) is 2. The zero-order valence-electron chi connectivity index (χ0n) is 35.5. The Hall–Kier alpha value is -3.48. The Kier molecular flexibility index (Phi) is 17.0. The molecule has 9 atom stereocenters. The van der Waals surface area contributed by atoms with Gasteiger partial charge in [0.1, 0.15) is 40.7 Å². The first-order chi connectivity index (χ1) is 27.8. The Morgan fingerprint density at radius 3 is 2.58 bits per heavy atom. The fourth-order valence-corrected chi connectivity index (χ4v) is 9.83. The minimum atomic E-state index is -1.84. The molecule has 1 unspecified atom stereocenters. The van der Waals surface area contributed by atoms with Gasteiger partial charge in [-0.25, -0.2) is 9.59 Å². The molecule has 3 heterocycles. The van der Waals surface area contributed by atoms with Gasteiger partial charge in [0.15, 0.2) is 5.72 Å². The maximum Gasteiger partial charge on any atom is 0.409 e. The quantitative estimate of drug-likeness (QED) is 0.102. The lowest BCUT2D eigenvalue weighted by Crippen LogP contribution is -2.63. The molecule has 2 fully saturated rings. The number of benzene rings is 1. The van der Waals surface area contributed by atoms with Crippen molar-refractivity contribution in [2.75, 3.05) is 46.0 Å². The number of alkyl carbamates (subject to hydrolysis) is 1. The molecule has 1 aromatic carbocycles. The Morgan fingerprint density at radius 1 is 1.20 bits per heavy atom. The summed E-state index contributed by atoms with van der Waals surface area (Å²) in [6, 6.07) is 2.57. The number of esters is 1. The molecular weight excluding hydrogens is 824 g/mol. The molecule has 3 aliphatic rings. The second-order valence-corrected chi connectivity index (χ2v) is 18.9. The molecule has 3 N–H and O–H groups in total. The molecule has 0 aliphatic carbocycles. The van der Waals surface area contributed by atoms with Gasteiger partial charge in [0, 0.05) is 64.4 Å². The van der Waals surface area contributed by atoms with Crippen LogP contribution in [0.5, 0.6) is 5.75 Å². The molecular formula is C41H59ClN4O11S2. The number of rotatable bonds is 13. The van der Waals surface area contributed by atoms with Crippen LogP contribution in [0, 0.1) is 5.92 Å². The van der Waals surface area contributed by atoms with Crippen molar-refractivity contribution >= 4 is 68.7 Å². The number of methoxy groups -OCH3 is 2. The third-order valence-electron chi connectivity index (χ3n) is 11.2. The van der Waals surface area contributed by atoms with Crippen LogP contribution in [0.4, 0.5) is 10.5 Å². The van der Waals surface area contributed by atoms with Crippen molar-refractivity contribution in [1.82, 2.24) is 15.5 Å². The van der Waals surface area contributed by atoms with Crippen LogP contribution in [0.3, 0.4) is 0 Å². The Labute approximate surface area is 360 Å². The minimum absolute atomic E-state index is 0.0193. The van der Waals surface area contributed by atoms with E-state index in [0.29, 0.717) is 36.5 Å². The number of likely N-dealkylation sites (N-methyl/N-ethyl adjacent to an activating group) is 1. The summed E-state index contributed by atoms with van der Waals surface area (Å²) in [4.78, 5) is 68.5. The van der Waals surface area contributed by atoms with E-state index in [1.165, 1.54) is 41.9 Å². The minimum Gasteiger partial charge on any atom is -0.495 e. The zero-order valence-corrected chi connectivity index (χ0v) is 37.9. The predicted octanol–water partition coefficient (Wildman–Crippen LogP) is 5.20. The van der Waals surface area contributed by atoms with Gasteiger partial charge < -0.3 is 43.9 Å². The lowest BCUT2D eigenvalue weighted by Gasteiger charge is -2.42. The fraction of sp³-hybridized carbons (Fsp3) is 0.634. The number of allylic oxidation sites excluding steroid dienone is 3. The number of hydrogen-bond acceptors (Lipinski definition) is 13. The highest BCUT2D eigenvalue weighted by atomic mass is 35.5. The molecule has 4 bridgehead atoms. The molecule has 328 valence electrons. The smallest absolute Gasteiger partial charge is 0.409 e. The van der Waals surface area contributed by atoms with Crippen molar-refractivity contribution in [3.05, 3.63) is 46.5 Å². The van der Waals surface area contributed by atoms with Crippen molar-refractivity contribution in [3.63, 3.8) is 0 Å². The molecule has 1 aromatic rings. The summed E-state index contributed by atoms with van der Waals surface area (Å²) in [7, 11) is 10.7. The van der Waals surface area contributed by atoms with Crippen LogP contribution in [0.2, 0.25) is 5.02 Å². The van der Waals surface area contributed by atoms with Crippen molar-refractivity contribution in [3.8, 4) is 5.75 Å². The van der Waals surface area contributed by atoms with Gasteiger partial charge in [0.25, 0.3) is 0 Å². The summed E-state index contributed by atoms with van der Waals surface area (Å²) in [5.41, 5.74) is -0.976. The number of carbonyl (C=O) groups is 5. The second-order valence-electron chi connectivity index (χ2n) is 15.6. The van der Waals surface area contributed by atoms with Gasteiger partial charge in [-0.15, -0.1) is 0 Å². The highest BCUT2D eigenvalue weighted by Crippen LogP contribution is 2.49. The standard InChI is InChI=1S/C41H59ClN4O11S2/c1-23-12-11-13-31(54-10)41(52)22-30(55-39(51)44-41)25(3)37-40(5,57-37)32(21-35(49)46(8)28-19-27(18-23)20-29(53-9)36(28)42)56-38(50)26(4)45(7)34(48)16-17-58-59-24(2)14-15-33(47)43-6/h11-13,19-20,24-26,30-32,37,52H,14-18,21-22H2,1-10H3,(H,43,47)(H,44,51)/b13-11+,23-12+/t24?,25-,26+,30+,31-,32+,37+,40+,41+/m1/s1. The zero-order chi connectivity index (χ0) is 43.8. The van der Waals surface area contributed by atoms with Crippen LogP contribution < -0.4 is 20.3 Å². The van der Waals surface area contributed by atoms with E-state index < -0.39 is 65.7 Å². The van der Waals surface area contributed by atoms with Gasteiger partial charge in [0.2, 0.25) is 17.7 Å². The van der Waals surface area contributed by atoms with E-state index in [2.05, 4.69) is 10.6 Å². The molecule has 0 radical (unpaired) electrons. The van der Waals surface area contributed by atoms with Crippen LogP contribution >= 0.6 is 33.2 Å². The lowest BCUT2D eigenvalue weighted by atomic mass is 9.83. The monoisotopic (exact) mass is 882 g/mol. The average Bonchev–Trinajstić information content (AvgIpc) is 3.90. The first kappa shape index (κ1) is 48.2. The van der Waals surface area contributed by atoms with Crippen molar-refractivity contribution in [2.45, 2.75) is 120 Å². The summed E-state index contributed by atoms with van der Waals surface area (Å²) in [6.07, 6.45) is 2.11. The van der Waals surface area contributed by atoms with E-state index in [-0.39, 0.29) is 41.3 Å². The summed E-state index contributed by atoms with van der Waals surface area (Å²) < 4.78 is 29.3. The highest BCUT2D eigenvalue weighted by Gasteiger charge is 2.64. The van der Waals surface area contributed by atoms with Crippen molar-refractivity contribution in [1.29, 1.82) is 0 Å². The van der Waals surface area contributed by atoms with E-state index in [0.717, 1.165) is 11.1 Å². The first-order valence-corrected chi connectivity index (χ1v) is 22.4. The van der Waals surface area contributed by atoms with E-state index >= 15 is 0 Å². The molecule has 18 heteroatoms. The molecule has 0 saturated carbocycles. The summed E-state index contributed by atoms with van der Waals surface area (Å²) in [6.45, 7) is 9.01. The van der Waals surface area contributed by atoms with Gasteiger partial charge in [-0.05, 0) is 51.3 Å². The maximum atomic E-state index is 14.2. The lowest BCUT2D eigenvalue weighted by molar-refractivity contribution is -0.162. The summed E-state index contributed by atoms with van der Waals surface area (Å²) in [5, 5.41) is 17.3. The third kappa shape index (κ3) is 12.1. The third-order valence-corrected chi connectivity index (χ3v) is 14.6. The van der Waals surface area contributed by atoms with E-state index in [9.17, 15) is 29.1 Å². The van der Waals surface area contributed by atoms with Crippen LogP contribution in [0.15, 0.2) is 35.9 Å². The number of anilines is 1. The van der Waals surface area contributed by atoms with Gasteiger partial charge >= 0.3 is 12.1 Å². The molecule has 15 nitrogen and oxygen atoms in total. The number of epoxide rings is 1. The van der Waals surface area contributed by atoms with E-state index in [1.807, 2.05) is 19.9 Å². The number of aliphatic hydroxyl groups is 1. The average molecular weight is 884 g/mol. The fourth-order valence-electron chi connectivity index (χ4n) is 7.20. The van der Waals surface area contributed by atoms with Gasteiger partial charge in [-0.3, -0.25) is 19.7 Å². The highest BCUT2D eigenvalue weighted by molar-refractivity contribution is 8.76. The predicted molar refractivity (Wildman–Crippen MR) is 228 cm³/mol. The normalized spacial score (nSPS) is 29.7. The van der Waals surface area contributed by atoms with Crippen molar-refractivity contribution < 1.29 is 52.8 Å². The second kappa shape index (κ2) is 20.9. The summed E-state index contributed by atoms with van der Waals surface area (Å²) >= 11 is 6.78.